The Hall–Kier alpha value is -2.44. The van der Waals surface area contributed by atoms with Crippen LogP contribution in [0.4, 0.5) is 0 Å². The maximum Gasteiger partial charge on any atom is 0.316 e. The zero-order valence-corrected chi connectivity index (χ0v) is 11.2. The second-order valence-electron chi connectivity index (χ2n) is 4.93. The number of hydrogen-bond acceptors (Lipinski definition) is 6. The van der Waals surface area contributed by atoms with E-state index in [1.54, 1.807) is 18.2 Å². The van der Waals surface area contributed by atoms with Gasteiger partial charge >= 0.3 is 5.97 Å². The molecule has 1 N–H and O–H groups in total. The van der Waals surface area contributed by atoms with E-state index in [1.807, 2.05) is 0 Å². The smallest absolute Gasteiger partial charge is 0.316 e. The Kier molecular flexibility index (Phi) is 3.32. The normalized spacial score (nSPS) is 27.9. The Morgan fingerprint density at radius 3 is 2.90 bits per heavy atom. The summed E-state index contributed by atoms with van der Waals surface area (Å²) in [6.45, 7) is 1.66. The number of fused-ring (bicyclic) bond motifs is 1. The molecular formula is C13H13N3O5. The monoisotopic (exact) mass is 291 g/mol. The molecule has 1 aromatic carbocycles. The first-order chi connectivity index (χ1) is 10.1. The number of benzene rings is 1. The molecular weight excluding hydrogens is 278 g/mol. The van der Waals surface area contributed by atoms with Gasteiger partial charge in [-0.25, -0.2) is 0 Å². The van der Waals surface area contributed by atoms with Crippen LogP contribution in [0, 0.1) is 0 Å². The molecule has 0 aliphatic carbocycles. The van der Waals surface area contributed by atoms with Gasteiger partial charge in [0.2, 0.25) is 6.79 Å². The van der Waals surface area contributed by atoms with Crippen molar-refractivity contribution in [1.29, 1.82) is 0 Å². The molecule has 1 saturated heterocycles. The van der Waals surface area contributed by atoms with E-state index in [2.05, 4.69) is 10.0 Å². The molecule has 0 amide bonds. The topological polar surface area (TPSA) is 114 Å². The molecule has 0 radical (unpaired) electrons. The van der Waals surface area contributed by atoms with Crippen molar-refractivity contribution in [3.8, 4) is 11.5 Å². The predicted molar refractivity (Wildman–Crippen MR) is 69.8 cm³/mol. The van der Waals surface area contributed by atoms with Crippen molar-refractivity contribution in [2.45, 2.75) is 31.1 Å². The van der Waals surface area contributed by atoms with Gasteiger partial charge in [-0.15, -0.1) is 0 Å². The Morgan fingerprint density at radius 2 is 2.19 bits per heavy atom. The lowest BCUT2D eigenvalue weighted by Gasteiger charge is -2.22. The van der Waals surface area contributed by atoms with Gasteiger partial charge in [0, 0.05) is 10.8 Å². The first-order valence-electron chi connectivity index (χ1n) is 6.44. The SMILES string of the molecule is C[C@@H](O)[C@@H]1OC(=O)[C@@H](N=[N+]=[N-])[C@H]1c1ccc2c(c1)OCO2. The zero-order chi connectivity index (χ0) is 15.0. The van der Waals surface area contributed by atoms with Gasteiger partial charge in [0.05, 0.1) is 6.10 Å². The minimum absolute atomic E-state index is 0.137. The van der Waals surface area contributed by atoms with Crippen LogP contribution in [0.5, 0.6) is 11.5 Å². The van der Waals surface area contributed by atoms with E-state index < -0.39 is 30.1 Å². The minimum Gasteiger partial charge on any atom is -0.459 e. The summed E-state index contributed by atoms with van der Waals surface area (Å²) in [5, 5.41) is 13.3. The summed E-state index contributed by atoms with van der Waals surface area (Å²) >= 11 is 0. The molecule has 0 bridgehead atoms. The van der Waals surface area contributed by atoms with Crippen molar-refractivity contribution >= 4 is 5.97 Å². The van der Waals surface area contributed by atoms with E-state index in [0.29, 0.717) is 17.1 Å². The van der Waals surface area contributed by atoms with Gasteiger partial charge < -0.3 is 19.3 Å². The lowest BCUT2D eigenvalue weighted by atomic mass is 9.87. The third-order valence-electron chi connectivity index (χ3n) is 3.62. The zero-order valence-electron chi connectivity index (χ0n) is 11.2. The van der Waals surface area contributed by atoms with Crippen LogP contribution in [0.15, 0.2) is 23.3 Å². The van der Waals surface area contributed by atoms with Crippen molar-refractivity contribution in [2.24, 2.45) is 5.11 Å². The minimum atomic E-state index is -1.00. The molecule has 1 fully saturated rings. The van der Waals surface area contributed by atoms with E-state index >= 15 is 0 Å². The summed E-state index contributed by atoms with van der Waals surface area (Å²) in [4.78, 5) is 14.5. The summed E-state index contributed by atoms with van der Waals surface area (Å²) in [5.74, 6) is -0.0435. The van der Waals surface area contributed by atoms with Crippen LogP contribution in [0.2, 0.25) is 0 Å². The Labute approximate surface area is 119 Å². The van der Waals surface area contributed by atoms with Gasteiger partial charge in [-0.2, -0.15) is 0 Å². The fourth-order valence-electron chi connectivity index (χ4n) is 2.67. The Balaban J connectivity index is 2.02. The molecule has 110 valence electrons. The van der Waals surface area contributed by atoms with Gasteiger partial charge in [-0.05, 0) is 30.2 Å². The van der Waals surface area contributed by atoms with Gasteiger partial charge in [0.25, 0.3) is 0 Å². The number of cyclic esters (lactones) is 1. The number of aliphatic hydroxyl groups is 1. The highest BCUT2D eigenvalue weighted by Crippen LogP contribution is 2.41. The number of nitrogens with zero attached hydrogens (tertiary/aromatic N) is 3. The molecule has 8 heteroatoms. The van der Waals surface area contributed by atoms with E-state index in [0.717, 1.165) is 0 Å². The third-order valence-corrected chi connectivity index (χ3v) is 3.62. The molecule has 0 aromatic heterocycles. The molecule has 21 heavy (non-hydrogen) atoms. The first kappa shape index (κ1) is 13.5. The second-order valence-corrected chi connectivity index (χ2v) is 4.93. The van der Waals surface area contributed by atoms with Crippen LogP contribution in [0.3, 0.4) is 0 Å². The molecule has 2 heterocycles. The van der Waals surface area contributed by atoms with Gasteiger partial charge in [-0.1, -0.05) is 11.2 Å². The highest BCUT2D eigenvalue weighted by atomic mass is 16.7. The lowest BCUT2D eigenvalue weighted by Crippen LogP contribution is -2.30. The number of carbonyl (C=O) groups is 1. The van der Waals surface area contributed by atoms with Crippen molar-refractivity contribution in [2.75, 3.05) is 6.79 Å². The summed E-state index contributed by atoms with van der Waals surface area (Å²) in [5.41, 5.74) is 9.32. The Morgan fingerprint density at radius 1 is 1.43 bits per heavy atom. The van der Waals surface area contributed by atoms with Crippen molar-refractivity contribution < 1.29 is 24.1 Å². The lowest BCUT2D eigenvalue weighted by molar-refractivity contribution is -0.145. The molecule has 2 aliphatic heterocycles. The van der Waals surface area contributed by atoms with Crippen LogP contribution in [0.1, 0.15) is 18.4 Å². The van der Waals surface area contributed by atoms with E-state index in [4.69, 9.17) is 19.7 Å². The molecule has 1 aromatic rings. The molecule has 3 rings (SSSR count). The number of esters is 1. The number of carbonyl (C=O) groups excluding carboxylic acids is 1. The summed E-state index contributed by atoms with van der Waals surface area (Å²) < 4.78 is 15.7. The van der Waals surface area contributed by atoms with E-state index in [-0.39, 0.29) is 6.79 Å². The van der Waals surface area contributed by atoms with Crippen molar-refractivity contribution in [3.05, 3.63) is 34.2 Å². The van der Waals surface area contributed by atoms with Crippen LogP contribution in [0.25, 0.3) is 10.4 Å². The standard InChI is InChI=1S/C13H13N3O5/c1-6(17)12-10(11(15-16-14)13(18)21-12)7-2-3-8-9(4-7)20-5-19-8/h2-4,6,10-12,17H,5H2,1H3/t6-,10-,11+,12+/m1/s1. The molecule has 2 aliphatic rings. The van der Waals surface area contributed by atoms with Crippen LogP contribution in [-0.4, -0.2) is 36.1 Å². The quantitative estimate of drug-likeness (QED) is 0.392. The van der Waals surface area contributed by atoms with E-state index in [9.17, 15) is 9.90 Å². The van der Waals surface area contributed by atoms with Crippen LogP contribution < -0.4 is 9.47 Å². The predicted octanol–water partition coefficient (Wildman–Crippen LogP) is 1.48. The number of rotatable bonds is 3. The first-order valence-corrected chi connectivity index (χ1v) is 6.44. The molecule has 8 nitrogen and oxygen atoms in total. The number of hydrogen-bond donors (Lipinski definition) is 1. The van der Waals surface area contributed by atoms with E-state index in [1.165, 1.54) is 6.92 Å². The van der Waals surface area contributed by atoms with Crippen molar-refractivity contribution in [1.82, 2.24) is 0 Å². The molecule has 0 spiro atoms. The van der Waals surface area contributed by atoms with Gasteiger partial charge in [0.15, 0.2) is 11.5 Å². The number of aliphatic hydroxyl groups excluding tert-OH is 1. The second kappa shape index (κ2) is 5.16. The van der Waals surface area contributed by atoms with Gasteiger partial charge in [-0.3, -0.25) is 4.79 Å². The molecule has 0 saturated carbocycles. The van der Waals surface area contributed by atoms with Gasteiger partial charge in [0.1, 0.15) is 12.1 Å². The summed E-state index contributed by atoms with van der Waals surface area (Å²) in [6.07, 6.45) is -1.66. The molecule has 4 atom stereocenters. The highest BCUT2D eigenvalue weighted by molar-refractivity contribution is 5.80. The van der Waals surface area contributed by atoms with Crippen LogP contribution in [-0.2, 0) is 9.53 Å². The average molecular weight is 291 g/mol. The fraction of sp³-hybridized carbons (Fsp3) is 0.462. The fourth-order valence-corrected chi connectivity index (χ4v) is 2.67. The average Bonchev–Trinajstić information content (AvgIpc) is 3.04. The maximum atomic E-state index is 11.8. The summed E-state index contributed by atoms with van der Waals surface area (Å²) in [6, 6.07) is 4.17. The van der Waals surface area contributed by atoms with Crippen LogP contribution >= 0.6 is 0 Å². The third kappa shape index (κ3) is 2.24. The number of azide groups is 1. The molecule has 0 unspecified atom stereocenters. The van der Waals surface area contributed by atoms with Crippen molar-refractivity contribution in [3.63, 3.8) is 0 Å². The Bertz CT molecular complexity index is 626. The largest absolute Gasteiger partial charge is 0.459 e. The highest BCUT2D eigenvalue weighted by Gasteiger charge is 2.47. The number of ether oxygens (including phenoxy) is 3. The maximum absolute atomic E-state index is 11.8. The summed E-state index contributed by atoms with van der Waals surface area (Å²) in [7, 11) is 0.